The first-order chi connectivity index (χ1) is 14.5. The Bertz CT molecular complexity index is 979. The summed E-state index contributed by atoms with van der Waals surface area (Å²) in [7, 11) is 0. The van der Waals surface area contributed by atoms with Crippen molar-refractivity contribution < 1.29 is 9.90 Å². The zero-order valence-electron chi connectivity index (χ0n) is 18.1. The highest BCUT2D eigenvalue weighted by Gasteiger charge is 2.14. The van der Waals surface area contributed by atoms with E-state index in [1.807, 2.05) is 30.6 Å². The predicted molar refractivity (Wildman–Crippen MR) is 122 cm³/mol. The van der Waals surface area contributed by atoms with Crippen LogP contribution in [-0.4, -0.2) is 21.0 Å². The second-order valence-corrected chi connectivity index (χ2v) is 8.00. The molecule has 1 atom stereocenters. The number of hydrogen-bond acceptors (Lipinski definition) is 3. The zero-order valence-corrected chi connectivity index (χ0v) is 18.1. The van der Waals surface area contributed by atoms with Gasteiger partial charge in [-0.05, 0) is 59.6 Å². The Morgan fingerprint density at radius 2 is 1.63 bits per heavy atom. The van der Waals surface area contributed by atoms with Crippen LogP contribution in [0.1, 0.15) is 61.5 Å². The summed E-state index contributed by atoms with van der Waals surface area (Å²) in [4.78, 5) is 20.8. The lowest BCUT2D eigenvalue weighted by Gasteiger charge is -2.12. The van der Waals surface area contributed by atoms with Gasteiger partial charge < -0.3 is 5.11 Å². The van der Waals surface area contributed by atoms with E-state index in [0.29, 0.717) is 17.3 Å². The zero-order chi connectivity index (χ0) is 21.5. The molecule has 1 heterocycles. The molecule has 0 saturated carbocycles. The lowest BCUT2D eigenvalue weighted by Crippen LogP contribution is -2.01. The number of aryl methyl sites for hydroxylation is 1. The number of carboxylic acid groups (broad SMARTS) is 1. The van der Waals surface area contributed by atoms with E-state index in [1.54, 1.807) is 12.1 Å². The molecule has 2 aromatic carbocycles. The van der Waals surface area contributed by atoms with Crippen LogP contribution in [0.15, 0.2) is 54.9 Å². The van der Waals surface area contributed by atoms with Gasteiger partial charge in [-0.1, -0.05) is 63.9 Å². The summed E-state index contributed by atoms with van der Waals surface area (Å²) < 4.78 is 0. The Balaban J connectivity index is 1.92. The van der Waals surface area contributed by atoms with E-state index in [2.05, 4.69) is 42.9 Å². The van der Waals surface area contributed by atoms with E-state index in [1.165, 1.54) is 5.56 Å². The molecule has 0 unspecified atom stereocenters. The Hall–Kier alpha value is -3.01. The summed E-state index contributed by atoms with van der Waals surface area (Å²) in [6.07, 6.45) is 9.14. The van der Waals surface area contributed by atoms with Crippen molar-refractivity contribution in [3.05, 3.63) is 71.5 Å². The van der Waals surface area contributed by atoms with Crippen LogP contribution < -0.4 is 0 Å². The van der Waals surface area contributed by atoms with Gasteiger partial charge in [0.1, 0.15) is 0 Å². The van der Waals surface area contributed by atoms with Crippen molar-refractivity contribution in [2.75, 3.05) is 0 Å². The van der Waals surface area contributed by atoms with Crippen molar-refractivity contribution in [2.45, 2.75) is 52.9 Å². The van der Waals surface area contributed by atoms with Crippen LogP contribution in [0.5, 0.6) is 0 Å². The largest absolute Gasteiger partial charge is 0.478 e. The van der Waals surface area contributed by atoms with Crippen molar-refractivity contribution in [3.8, 4) is 22.5 Å². The van der Waals surface area contributed by atoms with Gasteiger partial charge in [0, 0.05) is 18.0 Å². The third kappa shape index (κ3) is 5.32. The van der Waals surface area contributed by atoms with E-state index in [9.17, 15) is 9.90 Å². The van der Waals surface area contributed by atoms with E-state index >= 15 is 0 Å². The highest BCUT2D eigenvalue weighted by atomic mass is 16.4. The summed E-state index contributed by atoms with van der Waals surface area (Å²) in [5.41, 5.74) is 5.08. The molecule has 4 heteroatoms. The Morgan fingerprint density at radius 3 is 2.23 bits per heavy atom. The fourth-order valence-corrected chi connectivity index (χ4v) is 3.49. The Kier molecular flexibility index (Phi) is 7.34. The third-order valence-electron chi connectivity index (χ3n) is 5.58. The quantitative estimate of drug-likeness (QED) is 0.447. The van der Waals surface area contributed by atoms with Gasteiger partial charge in [-0.15, -0.1) is 0 Å². The monoisotopic (exact) mass is 402 g/mol. The van der Waals surface area contributed by atoms with Gasteiger partial charge in [-0.2, -0.15) is 0 Å². The maximum atomic E-state index is 11.8. The number of aromatic carboxylic acids is 1. The molecular formula is C26H30N2O2. The average Bonchev–Trinajstić information content (AvgIpc) is 2.78. The van der Waals surface area contributed by atoms with Crippen LogP contribution >= 0.6 is 0 Å². The summed E-state index contributed by atoms with van der Waals surface area (Å²) in [6.45, 7) is 6.60. The molecule has 1 aromatic heterocycles. The molecular weight excluding hydrogens is 372 g/mol. The minimum atomic E-state index is -0.934. The minimum Gasteiger partial charge on any atom is -0.478 e. The van der Waals surface area contributed by atoms with Gasteiger partial charge in [0.15, 0.2) is 5.82 Å². The molecule has 0 radical (unpaired) electrons. The normalized spacial score (nSPS) is 12.0. The van der Waals surface area contributed by atoms with Crippen molar-refractivity contribution >= 4 is 5.97 Å². The van der Waals surface area contributed by atoms with Crippen LogP contribution in [0.3, 0.4) is 0 Å². The fraction of sp³-hybridized carbons (Fsp3) is 0.346. The number of nitrogens with zero attached hydrogens (tertiary/aromatic N) is 2. The average molecular weight is 403 g/mol. The van der Waals surface area contributed by atoms with Gasteiger partial charge in [0.25, 0.3) is 0 Å². The van der Waals surface area contributed by atoms with Gasteiger partial charge in [0.2, 0.25) is 0 Å². The molecule has 0 saturated heterocycles. The second-order valence-electron chi connectivity index (χ2n) is 8.00. The van der Waals surface area contributed by atoms with E-state index < -0.39 is 5.97 Å². The lowest BCUT2D eigenvalue weighted by molar-refractivity contribution is 0.0697. The number of hydrogen-bond donors (Lipinski definition) is 1. The standard InChI is InChI=1S/C26H30N2O2/c1-4-6-7-20-16-27-25(28-17-20)22-12-13-23(26(29)30)24(15-22)21-10-8-19(9-11-21)14-18(3)5-2/h8-13,15-18H,4-7,14H2,1-3H3,(H,29,30)/t18-/m0/s1. The molecule has 0 bridgehead atoms. The van der Waals surface area contributed by atoms with Crippen molar-refractivity contribution in [1.29, 1.82) is 0 Å². The maximum absolute atomic E-state index is 11.8. The summed E-state index contributed by atoms with van der Waals surface area (Å²) in [5, 5.41) is 9.68. The number of unbranched alkanes of at least 4 members (excludes halogenated alkanes) is 1. The first kappa shape index (κ1) is 21.7. The highest BCUT2D eigenvalue weighted by Crippen LogP contribution is 2.29. The predicted octanol–water partition coefficient (Wildman–Crippen LogP) is 6.44. The summed E-state index contributed by atoms with van der Waals surface area (Å²) in [5.74, 6) is 0.309. The number of rotatable bonds is 9. The van der Waals surface area contributed by atoms with E-state index in [-0.39, 0.29) is 5.56 Å². The van der Waals surface area contributed by atoms with Crippen LogP contribution in [-0.2, 0) is 12.8 Å². The summed E-state index contributed by atoms with van der Waals surface area (Å²) in [6, 6.07) is 13.5. The second kappa shape index (κ2) is 10.1. The smallest absolute Gasteiger partial charge is 0.336 e. The number of carbonyl (C=O) groups is 1. The molecule has 0 spiro atoms. The molecule has 0 aliphatic heterocycles. The molecule has 1 N–H and O–H groups in total. The minimum absolute atomic E-state index is 0.285. The molecule has 3 aromatic rings. The topological polar surface area (TPSA) is 63.1 Å². The number of benzene rings is 2. The molecule has 156 valence electrons. The van der Waals surface area contributed by atoms with Crippen molar-refractivity contribution in [1.82, 2.24) is 9.97 Å². The van der Waals surface area contributed by atoms with Crippen LogP contribution in [0.25, 0.3) is 22.5 Å². The van der Waals surface area contributed by atoms with Crippen LogP contribution in [0.2, 0.25) is 0 Å². The third-order valence-corrected chi connectivity index (χ3v) is 5.58. The van der Waals surface area contributed by atoms with E-state index in [0.717, 1.165) is 48.8 Å². The fourth-order valence-electron chi connectivity index (χ4n) is 3.49. The lowest BCUT2D eigenvalue weighted by atomic mass is 9.94. The molecule has 0 fully saturated rings. The van der Waals surface area contributed by atoms with Crippen molar-refractivity contribution in [2.24, 2.45) is 5.92 Å². The first-order valence-electron chi connectivity index (χ1n) is 10.8. The number of aromatic nitrogens is 2. The van der Waals surface area contributed by atoms with Gasteiger partial charge in [-0.3, -0.25) is 0 Å². The molecule has 3 rings (SSSR count). The molecule has 0 aliphatic rings. The molecule has 0 aliphatic carbocycles. The van der Waals surface area contributed by atoms with Gasteiger partial charge >= 0.3 is 5.97 Å². The summed E-state index contributed by atoms with van der Waals surface area (Å²) >= 11 is 0. The molecule has 4 nitrogen and oxygen atoms in total. The van der Waals surface area contributed by atoms with Crippen molar-refractivity contribution in [3.63, 3.8) is 0 Å². The highest BCUT2D eigenvalue weighted by molar-refractivity contribution is 5.97. The Morgan fingerprint density at radius 1 is 0.967 bits per heavy atom. The molecule has 0 amide bonds. The Labute approximate surface area is 179 Å². The first-order valence-corrected chi connectivity index (χ1v) is 10.8. The SMILES string of the molecule is CCCCc1cnc(-c2ccc(C(=O)O)c(-c3ccc(C[C@@H](C)CC)cc3)c2)nc1. The number of carboxylic acids is 1. The van der Waals surface area contributed by atoms with Crippen LogP contribution in [0, 0.1) is 5.92 Å². The van der Waals surface area contributed by atoms with Gasteiger partial charge in [-0.25, -0.2) is 14.8 Å². The van der Waals surface area contributed by atoms with Crippen LogP contribution in [0.4, 0.5) is 0 Å². The van der Waals surface area contributed by atoms with E-state index in [4.69, 9.17) is 0 Å². The van der Waals surface area contributed by atoms with Gasteiger partial charge in [0.05, 0.1) is 5.56 Å². The molecule has 30 heavy (non-hydrogen) atoms. The maximum Gasteiger partial charge on any atom is 0.336 e.